The fourth-order valence-corrected chi connectivity index (χ4v) is 3.35. The first kappa shape index (κ1) is 19.2. The number of carbonyl (C=O) groups is 1. The van der Waals surface area contributed by atoms with Gasteiger partial charge in [0.15, 0.2) is 5.78 Å². The molecular formula is C19H25ClN2O3. The van der Waals surface area contributed by atoms with Crippen molar-refractivity contribution in [2.75, 3.05) is 26.1 Å². The van der Waals surface area contributed by atoms with Crippen molar-refractivity contribution < 1.29 is 14.3 Å². The van der Waals surface area contributed by atoms with Crippen LogP contribution in [-0.4, -0.2) is 31.1 Å². The van der Waals surface area contributed by atoms with E-state index >= 15 is 0 Å². The lowest BCUT2D eigenvalue weighted by molar-refractivity contribution is 0.101. The molecule has 25 heavy (non-hydrogen) atoms. The van der Waals surface area contributed by atoms with Crippen LogP contribution in [0.5, 0.6) is 11.5 Å². The number of aryl methyl sites for hydroxylation is 1. The van der Waals surface area contributed by atoms with Gasteiger partial charge >= 0.3 is 0 Å². The molecular weight excluding hydrogens is 340 g/mol. The van der Waals surface area contributed by atoms with Crippen LogP contribution in [0.1, 0.15) is 41.6 Å². The van der Waals surface area contributed by atoms with Gasteiger partial charge in [-0.05, 0) is 33.8 Å². The smallest absolute Gasteiger partial charge is 0.183 e. The Hall–Kier alpha value is -2.14. The molecule has 0 saturated carbocycles. The average molecular weight is 365 g/mol. The van der Waals surface area contributed by atoms with Gasteiger partial charge in [0.1, 0.15) is 11.5 Å². The Morgan fingerprint density at radius 2 is 1.80 bits per heavy atom. The minimum Gasteiger partial charge on any atom is -0.495 e. The highest BCUT2D eigenvalue weighted by atomic mass is 35.5. The second-order valence-electron chi connectivity index (χ2n) is 6.21. The minimum atomic E-state index is 0.0240. The first-order valence-electron chi connectivity index (χ1n) is 8.17. The molecule has 2 rings (SSSR count). The number of rotatable bonds is 7. The summed E-state index contributed by atoms with van der Waals surface area (Å²) >= 11 is 6.11. The summed E-state index contributed by atoms with van der Waals surface area (Å²) in [6, 6.07) is 5.65. The molecule has 5 nitrogen and oxygen atoms in total. The highest BCUT2D eigenvalue weighted by Gasteiger charge is 2.18. The van der Waals surface area contributed by atoms with Crippen molar-refractivity contribution >= 4 is 23.1 Å². The number of nitrogens with zero attached hydrogens (tertiary/aromatic N) is 1. The molecule has 1 heterocycles. The summed E-state index contributed by atoms with van der Waals surface area (Å²) in [7, 11) is 3.10. The second kappa shape index (κ2) is 7.83. The highest BCUT2D eigenvalue weighted by Crippen LogP contribution is 2.35. The zero-order valence-corrected chi connectivity index (χ0v) is 16.3. The summed E-state index contributed by atoms with van der Waals surface area (Å²) in [6.07, 6.45) is 0. The summed E-state index contributed by atoms with van der Waals surface area (Å²) in [5.74, 6) is 1.11. The number of anilines is 1. The summed E-state index contributed by atoms with van der Waals surface area (Å²) < 4.78 is 12.7. The quantitative estimate of drug-likeness (QED) is 0.726. The third-order valence-electron chi connectivity index (χ3n) is 4.21. The summed E-state index contributed by atoms with van der Waals surface area (Å²) in [4.78, 5) is 12.7. The van der Waals surface area contributed by atoms with Crippen molar-refractivity contribution in [2.45, 2.75) is 33.7 Å². The van der Waals surface area contributed by atoms with Crippen molar-refractivity contribution in [1.82, 2.24) is 4.57 Å². The number of benzene rings is 1. The van der Waals surface area contributed by atoms with E-state index in [1.807, 2.05) is 19.9 Å². The molecule has 0 aliphatic carbocycles. The first-order chi connectivity index (χ1) is 11.8. The van der Waals surface area contributed by atoms with Gasteiger partial charge < -0.3 is 19.4 Å². The van der Waals surface area contributed by atoms with Gasteiger partial charge in [-0.2, -0.15) is 0 Å². The van der Waals surface area contributed by atoms with E-state index in [-0.39, 0.29) is 12.3 Å². The zero-order valence-electron chi connectivity index (χ0n) is 15.6. The van der Waals surface area contributed by atoms with Crippen LogP contribution in [0, 0.1) is 13.8 Å². The van der Waals surface area contributed by atoms with Gasteiger partial charge in [-0.25, -0.2) is 0 Å². The Bertz CT molecular complexity index is 781. The van der Waals surface area contributed by atoms with Crippen LogP contribution in [0.2, 0.25) is 5.02 Å². The van der Waals surface area contributed by atoms with Crippen molar-refractivity contribution in [3.05, 3.63) is 40.2 Å². The van der Waals surface area contributed by atoms with E-state index in [0.717, 1.165) is 17.0 Å². The summed E-state index contributed by atoms with van der Waals surface area (Å²) in [5.41, 5.74) is 3.47. The Morgan fingerprint density at radius 1 is 1.16 bits per heavy atom. The molecule has 0 atom stereocenters. The van der Waals surface area contributed by atoms with E-state index in [4.69, 9.17) is 21.1 Å². The van der Waals surface area contributed by atoms with Crippen LogP contribution in [0.25, 0.3) is 0 Å². The number of halogens is 1. The predicted octanol–water partition coefficient (Wildman–Crippen LogP) is 4.65. The van der Waals surface area contributed by atoms with Gasteiger partial charge in [0.05, 0.1) is 31.5 Å². The molecule has 1 aromatic heterocycles. The molecule has 0 radical (unpaired) electrons. The number of aromatic nitrogens is 1. The molecule has 1 aromatic carbocycles. The van der Waals surface area contributed by atoms with E-state index in [1.165, 1.54) is 0 Å². The molecule has 0 unspecified atom stereocenters. The molecule has 2 aromatic rings. The largest absolute Gasteiger partial charge is 0.495 e. The van der Waals surface area contributed by atoms with Crippen molar-refractivity contribution in [1.29, 1.82) is 0 Å². The maximum Gasteiger partial charge on any atom is 0.183 e. The molecule has 0 amide bonds. The summed E-state index contributed by atoms with van der Waals surface area (Å²) in [5, 5.41) is 3.58. The monoisotopic (exact) mass is 364 g/mol. The normalized spacial score (nSPS) is 10.9. The van der Waals surface area contributed by atoms with E-state index < -0.39 is 0 Å². The third kappa shape index (κ3) is 3.93. The minimum absolute atomic E-state index is 0.0240. The van der Waals surface area contributed by atoms with Crippen molar-refractivity contribution in [2.24, 2.45) is 0 Å². The molecule has 0 aliphatic heterocycles. The number of Topliss-reactive ketones (excluding diaryl/α,β-unsaturated/α-hetero) is 1. The zero-order chi connectivity index (χ0) is 18.7. The van der Waals surface area contributed by atoms with Crippen LogP contribution in [0.4, 0.5) is 5.69 Å². The Kier molecular flexibility index (Phi) is 6.01. The number of hydrogen-bond donors (Lipinski definition) is 1. The second-order valence-corrected chi connectivity index (χ2v) is 6.62. The maximum absolute atomic E-state index is 12.7. The average Bonchev–Trinajstić information content (AvgIpc) is 2.87. The molecule has 0 spiro atoms. The lowest BCUT2D eigenvalue weighted by atomic mass is 10.1. The first-order valence-corrected chi connectivity index (χ1v) is 8.55. The van der Waals surface area contributed by atoms with Crippen molar-refractivity contribution in [3.8, 4) is 11.5 Å². The number of nitrogens with one attached hydrogen (secondary N) is 1. The number of ether oxygens (including phenoxy) is 2. The van der Waals surface area contributed by atoms with Crippen LogP contribution in [-0.2, 0) is 0 Å². The Labute approximate surface area is 153 Å². The molecule has 6 heteroatoms. The lowest BCUT2D eigenvalue weighted by Gasteiger charge is -2.15. The molecule has 0 saturated heterocycles. The number of hydrogen-bond acceptors (Lipinski definition) is 4. The van der Waals surface area contributed by atoms with Crippen molar-refractivity contribution in [3.63, 3.8) is 0 Å². The van der Waals surface area contributed by atoms with Gasteiger partial charge in [-0.3, -0.25) is 4.79 Å². The molecule has 0 fully saturated rings. The van der Waals surface area contributed by atoms with Gasteiger partial charge in [-0.1, -0.05) is 11.6 Å². The van der Waals surface area contributed by atoms with Gasteiger partial charge in [0.2, 0.25) is 0 Å². The number of ketones is 1. The van der Waals surface area contributed by atoms with Gasteiger partial charge in [-0.15, -0.1) is 0 Å². The molecule has 0 bridgehead atoms. The van der Waals surface area contributed by atoms with Crippen LogP contribution < -0.4 is 14.8 Å². The van der Waals surface area contributed by atoms with Crippen LogP contribution in [0.3, 0.4) is 0 Å². The number of carbonyl (C=O) groups excluding carboxylic acids is 1. The van der Waals surface area contributed by atoms with E-state index in [0.29, 0.717) is 28.3 Å². The molecule has 136 valence electrons. The fourth-order valence-electron chi connectivity index (χ4n) is 3.12. The SMILES string of the molecule is COc1cc(NCC(=O)c2cc(C)n(C(C)C)c2C)c(OC)cc1Cl. The van der Waals surface area contributed by atoms with E-state index in [2.05, 4.69) is 23.7 Å². The van der Waals surface area contributed by atoms with Gasteiger partial charge in [0, 0.05) is 35.1 Å². The number of methoxy groups -OCH3 is 2. The van der Waals surface area contributed by atoms with E-state index in [1.54, 1.807) is 26.4 Å². The summed E-state index contributed by atoms with van der Waals surface area (Å²) in [6.45, 7) is 8.37. The lowest BCUT2D eigenvalue weighted by Crippen LogP contribution is -2.16. The molecule has 1 N–H and O–H groups in total. The maximum atomic E-state index is 12.7. The fraction of sp³-hybridized carbons (Fsp3) is 0.421. The van der Waals surface area contributed by atoms with E-state index in [9.17, 15) is 4.79 Å². The predicted molar refractivity (Wildman–Crippen MR) is 102 cm³/mol. The molecule has 0 aliphatic rings. The third-order valence-corrected chi connectivity index (χ3v) is 4.51. The van der Waals surface area contributed by atoms with Crippen LogP contribution in [0.15, 0.2) is 18.2 Å². The highest BCUT2D eigenvalue weighted by molar-refractivity contribution is 6.32. The standard InChI is InChI=1S/C19H25ClN2O3/c1-11(2)22-12(3)7-14(13(22)4)17(23)10-21-16-9-18(24-5)15(20)8-19(16)25-6/h7-9,11,21H,10H2,1-6H3. The Balaban J connectivity index is 2.22. The topological polar surface area (TPSA) is 52.5 Å². The Morgan fingerprint density at radius 3 is 2.32 bits per heavy atom. The van der Waals surface area contributed by atoms with Crippen LogP contribution >= 0.6 is 11.6 Å². The van der Waals surface area contributed by atoms with Gasteiger partial charge in [0.25, 0.3) is 0 Å².